The Balaban J connectivity index is 1.37. The van der Waals surface area contributed by atoms with E-state index in [1.807, 2.05) is 31.0 Å². The number of hydrogen-bond donors (Lipinski definition) is 2. The predicted molar refractivity (Wildman–Crippen MR) is 158 cm³/mol. The first-order valence-corrected chi connectivity index (χ1v) is 13.6. The summed E-state index contributed by atoms with van der Waals surface area (Å²) in [6, 6.07) is 12.1. The average molecular weight is 529 g/mol. The van der Waals surface area contributed by atoms with E-state index < -0.39 is 0 Å². The molecule has 0 unspecified atom stereocenters. The molecule has 0 spiro atoms. The number of nitrogens with zero attached hydrogens (tertiary/aromatic N) is 6. The van der Waals surface area contributed by atoms with Crippen LogP contribution in [0.4, 0.5) is 11.4 Å². The van der Waals surface area contributed by atoms with E-state index >= 15 is 0 Å². The van der Waals surface area contributed by atoms with Gasteiger partial charge in [-0.1, -0.05) is 11.3 Å². The summed E-state index contributed by atoms with van der Waals surface area (Å²) in [6.07, 6.45) is 5.64. The van der Waals surface area contributed by atoms with E-state index in [0.29, 0.717) is 23.1 Å². The lowest BCUT2D eigenvalue weighted by molar-refractivity contribution is 0.0631. The SMILES string of the molecule is CC(N=CC1=C(N)CCCN(C2CCN(C(=O)c3ccc(N=NN)c(C)c3)CC2)C1)=Nc1cc(C)cc(C)c1. The minimum Gasteiger partial charge on any atom is -0.402 e. The van der Waals surface area contributed by atoms with Crippen molar-refractivity contribution in [3.8, 4) is 0 Å². The van der Waals surface area contributed by atoms with Crippen molar-refractivity contribution >= 4 is 29.3 Å². The largest absolute Gasteiger partial charge is 0.402 e. The molecule has 9 nitrogen and oxygen atoms in total. The Morgan fingerprint density at radius 3 is 2.41 bits per heavy atom. The van der Waals surface area contributed by atoms with Gasteiger partial charge in [0.05, 0.1) is 11.4 Å². The smallest absolute Gasteiger partial charge is 0.253 e. The number of aliphatic imine (C=N–C) groups is 2. The Bertz CT molecular complexity index is 1300. The second-order valence-corrected chi connectivity index (χ2v) is 10.6. The Morgan fingerprint density at radius 1 is 1.03 bits per heavy atom. The van der Waals surface area contributed by atoms with Crippen LogP contribution in [0, 0.1) is 20.8 Å². The minimum atomic E-state index is 0.0548. The number of hydrogen-bond acceptors (Lipinski definition) is 6. The van der Waals surface area contributed by atoms with Crippen LogP contribution in [0.3, 0.4) is 0 Å². The van der Waals surface area contributed by atoms with Crippen molar-refractivity contribution < 1.29 is 4.79 Å². The number of carbonyl (C=O) groups is 1. The third-order valence-corrected chi connectivity index (χ3v) is 7.46. The Kier molecular flexibility index (Phi) is 9.24. The van der Waals surface area contributed by atoms with Gasteiger partial charge in [-0.2, -0.15) is 0 Å². The Hall–Kier alpha value is -3.85. The van der Waals surface area contributed by atoms with Crippen LogP contribution >= 0.6 is 0 Å². The van der Waals surface area contributed by atoms with E-state index in [-0.39, 0.29) is 5.91 Å². The third kappa shape index (κ3) is 7.38. The molecule has 0 aromatic heterocycles. The lowest BCUT2D eigenvalue weighted by atomic mass is 10.0. The highest BCUT2D eigenvalue weighted by atomic mass is 16.2. The first-order valence-electron chi connectivity index (χ1n) is 13.6. The summed E-state index contributed by atoms with van der Waals surface area (Å²) in [7, 11) is 0. The molecule has 4 rings (SSSR count). The van der Waals surface area contributed by atoms with Gasteiger partial charge < -0.3 is 16.5 Å². The van der Waals surface area contributed by atoms with Crippen LogP contribution in [-0.2, 0) is 0 Å². The molecule has 2 aromatic rings. The van der Waals surface area contributed by atoms with Crippen LogP contribution in [-0.4, -0.2) is 60.0 Å². The molecule has 0 atom stereocenters. The molecule has 2 aliphatic heterocycles. The van der Waals surface area contributed by atoms with Crippen molar-refractivity contribution in [2.75, 3.05) is 26.2 Å². The number of amidine groups is 1. The van der Waals surface area contributed by atoms with E-state index in [0.717, 1.165) is 74.4 Å². The van der Waals surface area contributed by atoms with Crippen LogP contribution in [0.25, 0.3) is 0 Å². The van der Waals surface area contributed by atoms with Gasteiger partial charge in [0.15, 0.2) is 0 Å². The molecule has 0 aliphatic carbocycles. The third-order valence-electron chi connectivity index (χ3n) is 7.46. The maximum Gasteiger partial charge on any atom is 0.253 e. The summed E-state index contributed by atoms with van der Waals surface area (Å²) >= 11 is 0. The summed E-state index contributed by atoms with van der Waals surface area (Å²) in [5.41, 5.74) is 13.9. The maximum absolute atomic E-state index is 13.2. The number of likely N-dealkylation sites (tertiary alicyclic amines) is 1. The van der Waals surface area contributed by atoms with Gasteiger partial charge in [-0.25, -0.2) is 9.98 Å². The number of rotatable bonds is 5. The highest BCUT2D eigenvalue weighted by Crippen LogP contribution is 2.25. The van der Waals surface area contributed by atoms with Gasteiger partial charge in [-0.15, -0.1) is 5.11 Å². The summed E-state index contributed by atoms with van der Waals surface area (Å²) in [6.45, 7) is 11.2. The number of aryl methyl sites for hydroxylation is 3. The second kappa shape index (κ2) is 12.8. The molecule has 1 saturated heterocycles. The molecule has 2 heterocycles. The molecule has 9 heteroatoms. The van der Waals surface area contributed by atoms with Crippen LogP contribution in [0.2, 0.25) is 0 Å². The van der Waals surface area contributed by atoms with Gasteiger partial charge >= 0.3 is 0 Å². The monoisotopic (exact) mass is 528 g/mol. The fraction of sp³-hybridized carbons (Fsp3) is 0.433. The first-order chi connectivity index (χ1) is 18.7. The Labute approximate surface area is 231 Å². The number of nitrogens with two attached hydrogens (primary N) is 2. The van der Waals surface area contributed by atoms with Gasteiger partial charge in [0.1, 0.15) is 5.84 Å². The summed E-state index contributed by atoms with van der Waals surface area (Å²) < 4.78 is 0. The van der Waals surface area contributed by atoms with Crippen molar-refractivity contribution in [1.29, 1.82) is 0 Å². The van der Waals surface area contributed by atoms with Gasteiger partial charge in [0.2, 0.25) is 0 Å². The number of amides is 1. The molecule has 2 aromatic carbocycles. The van der Waals surface area contributed by atoms with Gasteiger partial charge in [-0.3, -0.25) is 9.69 Å². The molecule has 1 fully saturated rings. The van der Waals surface area contributed by atoms with E-state index in [4.69, 9.17) is 11.6 Å². The molecule has 0 radical (unpaired) electrons. The van der Waals surface area contributed by atoms with E-state index in [9.17, 15) is 4.79 Å². The molecule has 4 N–H and O–H groups in total. The molecule has 206 valence electrons. The molecular weight excluding hydrogens is 488 g/mol. The minimum absolute atomic E-state index is 0.0548. The lowest BCUT2D eigenvalue weighted by Crippen LogP contribution is -2.47. The first kappa shape index (κ1) is 28.2. The fourth-order valence-corrected chi connectivity index (χ4v) is 5.45. The van der Waals surface area contributed by atoms with Gasteiger partial charge in [0, 0.05) is 48.7 Å². The van der Waals surface area contributed by atoms with Crippen molar-refractivity contribution in [2.45, 2.75) is 59.4 Å². The second-order valence-electron chi connectivity index (χ2n) is 10.6. The van der Waals surface area contributed by atoms with E-state index in [2.05, 4.69) is 57.3 Å². The summed E-state index contributed by atoms with van der Waals surface area (Å²) in [4.78, 5) is 26.9. The molecule has 39 heavy (non-hydrogen) atoms. The van der Waals surface area contributed by atoms with E-state index in [1.165, 1.54) is 11.1 Å². The maximum atomic E-state index is 13.2. The topological polar surface area (TPSA) is 125 Å². The van der Waals surface area contributed by atoms with Crippen LogP contribution in [0.1, 0.15) is 59.7 Å². The Morgan fingerprint density at radius 2 is 1.74 bits per heavy atom. The summed E-state index contributed by atoms with van der Waals surface area (Å²) in [5.74, 6) is 5.93. The van der Waals surface area contributed by atoms with Crippen LogP contribution in [0.15, 0.2) is 68.0 Å². The molecule has 0 bridgehead atoms. The van der Waals surface area contributed by atoms with Crippen molar-refractivity contribution in [2.24, 2.45) is 31.9 Å². The molecule has 2 aliphatic rings. The van der Waals surface area contributed by atoms with Crippen molar-refractivity contribution in [1.82, 2.24) is 9.80 Å². The molecule has 0 saturated carbocycles. The zero-order valence-electron chi connectivity index (χ0n) is 23.5. The van der Waals surface area contributed by atoms with Gasteiger partial charge in [-0.05, 0) is 107 Å². The fourth-order valence-electron chi connectivity index (χ4n) is 5.45. The van der Waals surface area contributed by atoms with Crippen molar-refractivity contribution in [3.05, 3.63) is 69.9 Å². The average Bonchev–Trinajstić information content (AvgIpc) is 3.09. The normalized spacial score (nSPS) is 18.4. The highest BCUT2D eigenvalue weighted by molar-refractivity contribution is 5.95. The lowest BCUT2D eigenvalue weighted by Gasteiger charge is -2.38. The van der Waals surface area contributed by atoms with Crippen LogP contribution in [0.5, 0.6) is 0 Å². The summed E-state index contributed by atoms with van der Waals surface area (Å²) in [5, 5.41) is 7.23. The molecular formula is C30H40N8O. The van der Waals surface area contributed by atoms with E-state index in [1.54, 1.807) is 12.1 Å². The van der Waals surface area contributed by atoms with Crippen LogP contribution < -0.4 is 11.6 Å². The number of allylic oxidation sites excluding steroid dienone is 1. The van der Waals surface area contributed by atoms with Crippen molar-refractivity contribution in [3.63, 3.8) is 0 Å². The number of benzene rings is 2. The highest BCUT2D eigenvalue weighted by Gasteiger charge is 2.29. The quantitative estimate of drug-likeness (QED) is 0.179. The zero-order valence-corrected chi connectivity index (χ0v) is 23.5. The zero-order chi connectivity index (χ0) is 27.9. The molecule has 1 amide bonds. The van der Waals surface area contributed by atoms with Gasteiger partial charge in [0.25, 0.3) is 5.91 Å². The number of carbonyl (C=O) groups excluding carboxylic acids is 1. The predicted octanol–water partition coefficient (Wildman–Crippen LogP) is 5.30. The number of piperidine rings is 1. The standard InChI is InChI=1S/C30H40N8O/c1-20-14-21(2)16-26(15-20)34-23(4)33-18-25-19-38(11-5-6-28(25)31)27-9-12-37(13-10-27)30(39)24-7-8-29(35-36-32)22(3)17-24/h7-8,14-18,27H,5-6,9-13,19,31H2,1-4H3,(H2,32,35).